The maximum absolute atomic E-state index is 11.7. The molecule has 2 rings (SSSR count). The number of fused-ring (bicyclic) bond motifs is 1. The molecule has 0 spiro atoms. The number of benzene rings is 1. The molecule has 1 aliphatic rings. The highest BCUT2D eigenvalue weighted by Crippen LogP contribution is 2.39. The summed E-state index contributed by atoms with van der Waals surface area (Å²) < 4.78 is -0.625. The number of nitrogens with two attached hydrogens (primary N) is 2. The molecule has 0 aromatic heterocycles. The first kappa shape index (κ1) is 8.03. The zero-order chi connectivity index (χ0) is 9.64. The van der Waals surface area contributed by atoms with Gasteiger partial charge in [-0.2, -0.15) is 4.99 Å². The zero-order valence-corrected chi connectivity index (χ0v) is 7.19. The molecule has 4 N–H and O–H groups in total. The van der Waals surface area contributed by atoms with Gasteiger partial charge < -0.3 is 16.7 Å². The van der Waals surface area contributed by atoms with Gasteiger partial charge in [-0.25, -0.2) is 0 Å². The van der Waals surface area contributed by atoms with E-state index >= 15 is 0 Å². The van der Waals surface area contributed by atoms with Gasteiger partial charge in [0.1, 0.15) is 5.69 Å². The van der Waals surface area contributed by atoms with Gasteiger partial charge in [-0.3, -0.25) is 4.65 Å². The molecule has 1 aromatic rings. The number of quaternary nitrogens is 1. The molecule has 13 heavy (non-hydrogen) atoms. The van der Waals surface area contributed by atoms with Crippen molar-refractivity contribution in [1.82, 2.24) is 4.65 Å². The van der Waals surface area contributed by atoms with Crippen LogP contribution in [0.25, 0.3) is 0 Å². The molecule has 0 radical (unpaired) electrons. The van der Waals surface area contributed by atoms with Gasteiger partial charge >= 0.3 is 0 Å². The van der Waals surface area contributed by atoms with Crippen molar-refractivity contribution >= 4 is 29.1 Å². The van der Waals surface area contributed by atoms with Gasteiger partial charge in [-0.15, -0.1) is 0 Å². The largest absolute Gasteiger partial charge is 0.621 e. The summed E-state index contributed by atoms with van der Waals surface area (Å²) in [7, 11) is 1.49. The van der Waals surface area contributed by atoms with Crippen LogP contribution in [-0.2, 0) is 0 Å². The third kappa shape index (κ3) is 1.06. The molecule has 5 nitrogen and oxygen atoms in total. The number of hydrogen-bond donors (Lipinski definition) is 2. The highest BCUT2D eigenvalue weighted by molar-refractivity contribution is 5.92. The first-order valence-corrected chi connectivity index (χ1v) is 3.83. The Labute approximate surface area is 75.4 Å². The average Bonchev–Trinajstić information content (AvgIpc) is 2.31. The maximum atomic E-state index is 11.7. The van der Waals surface area contributed by atoms with Crippen LogP contribution in [-0.4, -0.2) is 13.4 Å². The van der Waals surface area contributed by atoms with Crippen molar-refractivity contribution in [2.45, 2.75) is 0 Å². The standard InChI is InChI=1S/C8H10N4O/c1-12(13)4-11-7-2-5(9)6(10)3-8(7)12/h2-4H,9-10H2,1H3. The highest BCUT2D eigenvalue weighted by Gasteiger charge is 2.24. The van der Waals surface area contributed by atoms with Gasteiger partial charge in [0.2, 0.25) is 0 Å². The van der Waals surface area contributed by atoms with Gasteiger partial charge in [0.15, 0.2) is 12.0 Å². The zero-order valence-electron chi connectivity index (χ0n) is 7.19. The monoisotopic (exact) mass is 178 g/mol. The molecule has 0 saturated carbocycles. The minimum absolute atomic E-state index is 0.421. The van der Waals surface area contributed by atoms with Gasteiger partial charge in [-0.05, 0) is 6.07 Å². The number of anilines is 2. The van der Waals surface area contributed by atoms with Crippen LogP contribution >= 0.6 is 0 Å². The summed E-state index contributed by atoms with van der Waals surface area (Å²) in [6.07, 6.45) is 1.31. The van der Waals surface area contributed by atoms with E-state index in [2.05, 4.69) is 4.99 Å². The number of rotatable bonds is 0. The van der Waals surface area contributed by atoms with Gasteiger partial charge in [0, 0.05) is 6.07 Å². The molecule has 0 bridgehead atoms. The van der Waals surface area contributed by atoms with Gasteiger partial charge in [0.25, 0.3) is 0 Å². The molecule has 0 fully saturated rings. The third-order valence-electron chi connectivity index (χ3n) is 2.08. The Morgan fingerprint density at radius 2 is 1.92 bits per heavy atom. The van der Waals surface area contributed by atoms with Crippen LogP contribution in [0.3, 0.4) is 0 Å². The van der Waals surface area contributed by atoms with Crippen molar-refractivity contribution in [3.05, 3.63) is 17.3 Å². The van der Waals surface area contributed by atoms with Crippen LogP contribution in [0.4, 0.5) is 22.7 Å². The fourth-order valence-corrected chi connectivity index (χ4v) is 1.30. The molecule has 1 atom stereocenters. The lowest BCUT2D eigenvalue weighted by molar-refractivity contribution is 0.693. The third-order valence-corrected chi connectivity index (χ3v) is 2.08. The Morgan fingerprint density at radius 1 is 1.31 bits per heavy atom. The summed E-state index contributed by atoms with van der Waals surface area (Å²) in [6.45, 7) is 0. The Hall–Kier alpha value is -1.59. The first-order chi connectivity index (χ1) is 6.00. The average molecular weight is 178 g/mol. The van der Waals surface area contributed by atoms with E-state index in [0.29, 0.717) is 22.7 Å². The van der Waals surface area contributed by atoms with E-state index in [9.17, 15) is 5.21 Å². The Bertz CT molecular complexity index is 397. The van der Waals surface area contributed by atoms with Crippen molar-refractivity contribution in [2.75, 3.05) is 18.5 Å². The predicted molar refractivity (Wildman–Crippen MR) is 54.5 cm³/mol. The fraction of sp³-hybridized carbons (Fsp3) is 0.125. The summed E-state index contributed by atoms with van der Waals surface area (Å²) in [5.74, 6) is 0. The van der Waals surface area contributed by atoms with Crippen molar-refractivity contribution in [1.29, 1.82) is 0 Å². The second-order valence-electron chi connectivity index (χ2n) is 3.20. The Kier molecular flexibility index (Phi) is 1.37. The van der Waals surface area contributed by atoms with Crippen LogP contribution in [0.15, 0.2) is 17.1 Å². The number of nitrogen functional groups attached to an aromatic ring is 2. The summed E-state index contributed by atoms with van der Waals surface area (Å²) in [5, 5.41) is 11.7. The molecule has 68 valence electrons. The second-order valence-corrected chi connectivity index (χ2v) is 3.20. The topological polar surface area (TPSA) is 87.5 Å². The molecule has 1 heterocycles. The van der Waals surface area contributed by atoms with E-state index in [1.54, 1.807) is 12.1 Å². The summed E-state index contributed by atoms with van der Waals surface area (Å²) >= 11 is 0. The Morgan fingerprint density at radius 3 is 2.62 bits per heavy atom. The van der Waals surface area contributed by atoms with E-state index < -0.39 is 4.65 Å². The lowest BCUT2D eigenvalue weighted by Gasteiger charge is -2.29. The number of hydroxylamine groups is 2. The van der Waals surface area contributed by atoms with E-state index in [1.165, 1.54) is 13.4 Å². The van der Waals surface area contributed by atoms with Crippen LogP contribution in [0, 0.1) is 5.21 Å². The minimum atomic E-state index is -0.625. The van der Waals surface area contributed by atoms with Crippen LogP contribution in [0.1, 0.15) is 0 Å². The van der Waals surface area contributed by atoms with E-state index in [-0.39, 0.29) is 0 Å². The van der Waals surface area contributed by atoms with E-state index in [0.717, 1.165) is 0 Å². The van der Waals surface area contributed by atoms with Crippen molar-refractivity contribution in [3.63, 3.8) is 0 Å². The molecule has 0 amide bonds. The SMILES string of the molecule is C[N+]1([O-])C=Nc2cc(N)c(N)cc21. The Balaban J connectivity index is 2.66. The minimum Gasteiger partial charge on any atom is -0.621 e. The molecule has 5 heteroatoms. The summed E-state index contributed by atoms with van der Waals surface area (Å²) in [4.78, 5) is 3.95. The fourth-order valence-electron chi connectivity index (χ4n) is 1.30. The smallest absolute Gasteiger partial charge is 0.195 e. The predicted octanol–water partition coefficient (Wildman–Crippen LogP) is 0.959. The lowest BCUT2D eigenvalue weighted by atomic mass is 10.2. The first-order valence-electron chi connectivity index (χ1n) is 3.83. The summed E-state index contributed by atoms with van der Waals surface area (Å²) in [6, 6.07) is 3.19. The van der Waals surface area contributed by atoms with Crippen molar-refractivity contribution in [3.8, 4) is 0 Å². The van der Waals surface area contributed by atoms with Crippen LogP contribution in [0.2, 0.25) is 0 Å². The highest BCUT2D eigenvalue weighted by atomic mass is 16.5. The maximum Gasteiger partial charge on any atom is 0.195 e. The molecular formula is C8H10N4O. The van der Waals surface area contributed by atoms with Crippen LogP contribution in [0.5, 0.6) is 0 Å². The van der Waals surface area contributed by atoms with Crippen LogP contribution < -0.4 is 16.1 Å². The summed E-state index contributed by atoms with van der Waals surface area (Å²) in [5.41, 5.74) is 13.2. The van der Waals surface area contributed by atoms with E-state index in [1.807, 2.05) is 0 Å². The quantitative estimate of drug-likeness (QED) is 0.352. The normalized spacial score (nSPS) is 24.8. The van der Waals surface area contributed by atoms with Crippen molar-refractivity contribution in [2.24, 2.45) is 4.99 Å². The van der Waals surface area contributed by atoms with Gasteiger partial charge in [0.05, 0.1) is 18.4 Å². The number of hydrogen-bond acceptors (Lipinski definition) is 4. The second kappa shape index (κ2) is 2.21. The van der Waals surface area contributed by atoms with E-state index in [4.69, 9.17) is 11.5 Å². The molecule has 0 aliphatic carbocycles. The molecular weight excluding hydrogens is 168 g/mol. The molecule has 0 saturated heterocycles. The number of nitrogens with zero attached hydrogens (tertiary/aromatic N) is 2. The van der Waals surface area contributed by atoms with Gasteiger partial charge in [-0.1, -0.05) is 0 Å². The molecule has 1 aromatic carbocycles. The van der Waals surface area contributed by atoms with Crippen molar-refractivity contribution < 1.29 is 0 Å². The number of aliphatic imine (C=N–C) groups is 1. The molecule has 1 unspecified atom stereocenters. The lowest BCUT2D eigenvalue weighted by Crippen LogP contribution is -2.33. The molecule has 1 aliphatic heterocycles.